The van der Waals surface area contributed by atoms with E-state index in [1.54, 1.807) is 0 Å². The van der Waals surface area contributed by atoms with Crippen molar-refractivity contribution in [3.05, 3.63) is 28.2 Å². The molecule has 10 heteroatoms. The number of amides is 1. The van der Waals surface area contributed by atoms with Gasteiger partial charge in [-0.2, -0.15) is 4.31 Å². The van der Waals surface area contributed by atoms with Crippen LogP contribution in [0.1, 0.15) is 32.1 Å². The van der Waals surface area contributed by atoms with E-state index in [1.807, 2.05) is 0 Å². The fourth-order valence-corrected chi connectivity index (χ4v) is 6.19. The summed E-state index contributed by atoms with van der Waals surface area (Å²) in [7, 11) is -3.95. The molecule has 1 aromatic carbocycles. The molecule has 3 rings (SSSR count). The second kappa shape index (κ2) is 7.95. The van der Waals surface area contributed by atoms with Crippen molar-refractivity contribution < 1.29 is 23.1 Å². The number of carboxylic acid groups (broad SMARTS) is 1. The van der Waals surface area contributed by atoms with E-state index < -0.39 is 39.9 Å². The average Bonchev–Trinajstić information content (AvgIpc) is 3.23. The van der Waals surface area contributed by atoms with Crippen LogP contribution in [0.5, 0.6) is 0 Å². The molecule has 1 saturated heterocycles. The van der Waals surface area contributed by atoms with Gasteiger partial charge in [-0.05, 0) is 43.9 Å². The minimum absolute atomic E-state index is 0.0658. The third-order valence-electron chi connectivity index (χ3n) is 5.11. The third-order valence-corrected chi connectivity index (χ3v) is 7.43. The molecule has 1 aliphatic carbocycles. The van der Waals surface area contributed by atoms with Gasteiger partial charge in [-0.1, -0.05) is 29.6 Å². The number of hydrogen-bond acceptors (Lipinski definition) is 4. The molecule has 27 heavy (non-hydrogen) atoms. The normalized spacial score (nSPS) is 26.2. The van der Waals surface area contributed by atoms with Crippen LogP contribution in [0.3, 0.4) is 0 Å². The number of sulfonamides is 1. The number of rotatable bonds is 5. The van der Waals surface area contributed by atoms with Gasteiger partial charge in [0.15, 0.2) is 0 Å². The Labute approximate surface area is 167 Å². The molecule has 0 spiro atoms. The van der Waals surface area contributed by atoms with Crippen molar-refractivity contribution in [3.63, 3.8) is 0 Å². The number of carboxylic acids is 1. The minimum atomic E-state index is -3.95. The molecule has 1 amide bonds. The van der Waals surface area contributed by atoms with Gasteiger partial charge in [0.25, 0.3) is 0 Å². The highest BCUT2D eigenvalue weighted by Crippen LogP contribution is 2.31. The Hall–Kier alpha value is -1.35. The summed E-state index contributed by atoms with van der Waals surface area (Å²) in [6.45, 7) is 0.206. The van der Waals surface area contributed by atoms with Gasteiger partial charge < -0.3 is 10.4 Å². The van der Waals surface area contributed by atoms with E-state index in [9.17, 15) is 23.1 Å². The zero-order valence-corrected chi connectivity index (χ0v) is 16.7. The Balaban J connectivity index is 1.80. The Morgan fingerprint density at radius 2 is 1.74 bits per heavy atom. The fourth-order valence-electron chi connectivity index (χ4n) is 3.81. The van der Waals surface area contributed by atoms with Gasteiger partial charge in [0.1, 0.15) is 6.04 Å². The monoisotopic (exact) mass is 434 g/mol. The maximum Gasteiger partial charge on any atom is 0.308 e. The maximum absolute atomic E-state index is 13.0. The molecule has 2 fully saturated rings. The van der Waals surface area contributed by atoms with Crippen molar-refractivity contribution in [2.75, 3.05) is 6.54 Å². The molecule has 2 unspecified atom stereocenters. The van der Waals surface area contributed by atoms with Crippen molar-refractivity contribution in [2.45, 2.75) is 49.1 Å². The summed E-state index contributed by atoms with van der Waals surface area (Å²) in [5, 5.41) is 12.4. The summed E-state index contributed by atoms with van der Waals surface area (Å²) in [5.41, 5.74) is 0. The number of carbonyl (C=O) groups excluding carboxylic acids is 1. The Kier molecular flexibility index (Phi) is 6.00. The zero-order valence-electron chi connectivity index (χ0n) is 14.4. The quantitative estimate of drug-likeness (QED) is 0.740. The maximum atomic E-state index is 13.0. The van der Waals surface area contributed by atoms with Crippen LogP contribution in [0.4, 0.5) is 0 Å². The van der Waals surface area contributed by atoms with Crippen LogP contribution >= 0.6 is 23.2 Å². The van der Waals surface area contributed by atoms with E-state index in [-0.39, 0.29) is 21.5 Å². The SMILES string of the molecule is O=C(O)C1CCCC1NC(=O)[C@@H]1CCCN1S(=O)(=O)c1cc(Cl)cc(Cl)c1. The summed E-state index contributed by atoms with van der Waals surface area (Å²) in [6, 6.07) is 2.69. The Bertz CT molecular complexity index is 841. The molecule has 7 nitrogen and oxygen atoms in total. The largest absolute Gasteiger partial charge is 0.481 e. The lowest BCUT2D eigenvalue weighted by Gasteiger charge is -2.26. The van der Waals surface area contributed by atoms with Crippen molar-refractivity contribution in [1.82, 2.24) is 9.62 Å². The van der Waals surface area contributed by atoms with Gasteiger partial charge in [0.05, 0.1) is 10.8 Å². The lowest BCUT2D eigenvalue weighted by Crippen LogP contribution is -2.50. The van der Waals surface area contributed by atoms with Gasteiger partial charge in [0.2, 0.25) is 15.9 Å². The van der Waals surface area contributed by atoms with Crippen molar-refractivity contribution in [3.8, 4) is 0 Å². The second-order valence-electron chi connectivity index (χ2n) is 6.87. The first-order valence-electron chi connectivity index (χ1n) is 8.71. The number of benzene rings is 1. The lowest BCUT2D eigenvalue weighted by molar-refractivity contribution is -0.142. The number of nitrogens with one attached hydrogen (secondary N) is 1. The Morgan fingerprint density at radius 3 is 2.37 bits per heavy atom. The molecule has 1 aliphatic heterocycles. The molecule has 2 N–H and O–H groups in total. The highest BCUT2D eigenvalue weighted by Gasteiger charge is 2.42. The number of carbonyl (C=O) groups is 2. The van der Waals surface area contributed by atoms with Crippen LogP contribution in [0, 0.1) is 5.92 Å². The van der Waals surface area contributed by atoms with Crippen LogP contribution < -0.4 is 5.32 Å². The van der Waals surface area contributed by atoms with Crippen LogP contribution in [-0.2, 0) is 19.6 Å². The van der Waals surface area contributed by atoms with Gasteiger partial charge >= 0.3 is 5.97 Å². The van der Waals surface area contributed by atoms with Gasteiger partial charge in [0, 0.05) is 22.6 Å². The zero-order chi connectivity index (χ0) is 19.8. The highest BCUT2D eigenvalue weighted by molar-refractivity contribution is 7.89. The molecule has 0 aromatic heterocycles. The van der Waals surface area contributed by atoms with Crippen LogP contribution in [0.2, 0.25) is 10.0 Å². The first kappa shape index (κ1) is 20.4. The fraction of sp³-hybridized carbons (Fsp3) is 0.529. The van der Waals surface area contributed by atoms with Gasteiger partial charge in [-0.25, -0.2) is 8.42 Å². The summed E-state index contributed by atoms with van der Waals surface area (Å²) in [4.78, 5) is 24.0. The molecule has 2 aliphatic rings. The number of nitrogens with zero attached hydrogens (tertiary/aromatic N) is 1. The molecule has 1 saturated carbocycles. The standard InChI is InChI=1S/C17H20Cl2N2O5S/c18-10-7-11(19)9-12(8-10)27(25,26)21-6-2-5-15(21)16(22)20-14-4-1-3-13(14)17(23)24/h7-9,13-15H,1-6H2,(H,20,22)(H,23,24)/t13?,14?,15-/m0/s1. The molecule has 0 bridgehead atoms. The van der Waals surface area contributed by atoms with Crippen LogP contribution in [-0.4, -0.2) is 48.3 Å². The predicted octanol–water partition coefficient (Wildman–Crippen LogP) is 2.52. The lowest BCUT2D eigenvalue weighted by atomic mass is 10.0. The van der Waals surface area contributed by atoms with E-state index in [2.05, 4.69) is 5.32 Å². The minimum Gasteiger partial charge on any atom is -0.481 e. The first-order chi connectivity index (χ1) is 12.7. The molecule has 0 radical (unpaired) electrons. The molecular weight excluding hydrogens is 415 g/mol. The van der Waals surface area contributed by atoms with E-state index in [4.69, 9.17) is 23.2 Å². The van der Waals surface area contributed by atoms with Crippen molar-refractivity contribution in [1.29, 1.82) is 0 Å². The van der Waals surface area contributed by atoms with E-state index in [1.165, 1.54) is 18.2 Å². The third kappa shape index (κ3) is 4.23. The Morgan fingerprint density at radius 1 is 1.07 bits per heavy atom. The molecule has 3 atom stereocenters. The van der Waals surface area contributed by atoms with Gasteiger partial charge in [-0.15, -0.1) is 0 Å². The predicted molar refractivity (Wildman–Crippen MR) is 100 cm³/mol. The molecule has 148 valence electrons. The first-order valence-corrected chi connectivity index (χ1v) is 10.9. The smallest absolute Gasteiger partial charge is 0.308 e. The summed E-state index contributed by atoms with van der Waals surface area (Å²) in [6.07, 6.45) is 2.72. The summed E-state index contributed by atoms with van der Waals surface area (Å²) in [5.74, 6) is -2.03. The molecule has 1 aromatic rings. The second-order valence-corrected chi connectivity index (χ2v) is 9.63. The number of halogens is 2. The number of aliphatic carboxylic acids is 1. The topological polar surface area (TPSA) is 104 Å². The van der Waals surface area contributed by atoms with Crippen molar-refractivity contribution in [2.24, 2.45) is 5.92 Å². The van der Waals surface area contributed by atoms with Crippen molar-refractivity contribution >= 4 is 45.1 Å². The van der Waals surface area contributed by atoms with Gasteiger partial charge in [-0.3, -0.25) is 9.59 Å². The number of hydrogen-bond donors (Lipinski definition) is 2. The van der Waals surface area contributed by atoms with E-state index >= 15 is 0 Å². The van der Waals surface area contributed by atoms with Crippen LogP contribution in [0.15, 0.2) is 23.1 Å². The summed E-state index contributed by atoms with van der Waals surface area (Å²) < 4.78 is 27.1. The summed E-state index contributed by atoms with van der Waals surface area (Å²) >= 11 is 11.8. The highest BCUT2D eigenvalue weighted by atomic mass is 35.5. The molecule has 1 heterocycles. The van der Waals surface area contributed by atoms with E-state index in [0.29, 0.717) is 25.7 Å². The molecular formula is C17H20Cl2N2O5S. The van der Waals surface area contributed by atoms with Crippen LogP contribution in [0.25, 0.3) is 0 Å². The average molecular weight is 435 g/mol. The van der Waals surface area contributed by atoms with E-state index in [0.717, 1.165) is 10.7 Å².